The van der Waals surface area contributed by atoms with Crippen LogP contribution in [0.5, 0.6) is 0 Å². The van der Waals surface area contributed by atoms with Gasteiger partial charge in [0.05, 0.1) is 18.5 Å². The smallest absolute Gasteiger partial charge is 0.415 e. The van der Waals surface area contributed by atoms with E-state index in [0.29, 0.717) is 28.9 Å². The second-order valence-corrected chi connectivity index (χ2v) is 9.17. The molecule has 4 rings (SSSR count). The van der Waals surface area contributed by atoms with E-state index < -0.39 is 11.7 Å². The van der Waals surface area contributed by atoms with Crippen LogP contribution in [0.1, 0.15) is 50.0 Å². The summed E-state index contributed by atoms with van der Waals surface area (Å²) in [6.07, 6.45) is 3.56. The summed E-state index contributed by atoms with van der Waals surface area (Å²) < 4.78 is 11.5. The van der Waals surface area contributed by atoms with E-state index in [2.05, 4.69) is 4.98 Å². The van der Waals surface area contributed by atoms with Crippen LogP contribution in [0.15, 0.2) is 34.3 Å². The van der Waals surface area contributed by atoms with E-state index in [-0.39, 0.29) is 0 Å². The van der Waals surface area contributed by atoms with Crippen LogP contribution in [0.3, 0.4) is 0 Å². The third-order valence-electron chi connectivity index (χ3n) is 4.32. The van der Waals surface area contributed by atoms with Gasteiger partial charge < -0.3 is 9.15 Å². The molecule has 1 aliphatic rings. The molecule has 3 aromatic rings. The number of thiophene rings is 1. The third-order valence-corrected chi connectivity index (χ3v) is 5.37. The lowest BCUT2D eigenvalue weighted by molar-refractivity contribution is 0.0578. The predicted molar refractivity (Wildman–Crippen MR) is 108 cm³/mol. The fraction of sp³-hybridized carbons (Fsp3) is 0.400. The second kappa shape index (κ2) is 6.84. The number of amides is 1. The van der Waals surface area contributed by atoms with E-state index in [1.165, 1.54) is 0 Å². The minimum Gasteiger partial charge on any atom is -0.460 e. The second-order valence-electron chi connectivity index (χ2n) is 7.75. The summed E-state index contributed by atoms with van der Waals surface area (Å²) in [6, 6.07) is 5.61. The largest absolute Gasteiger partial charge is 0.460 e. The van der Waals surface area contributed by atoms with Crippen molar-refractivity contribution >= 4 is 45.8 Å². The maximum atomic E-state index is 13.0. The van der Waals surface area contributed by atoms with Crippen LogP contribution in [-0.4, -0.2) is 16.7 Å². The molecule has 1 saturated carbocycles. The third kappa shape index (κ3) is 3.96. The van der Waals surface area contributed by atoms with Crippen molar-refractivity contribution in [2.75, 3.05) is 4.90 Å². The Balaban J connectivity index is 1.80. The number of fused-ring (bicyclic) bond motifs is 1. The molecule has 0 bridgehead atoms. The lowest BCUT2D eigenvalue weighted by Crippen LogP contribution is -2.36. The van der Waals surface area contributed by atoms with Crippen molar-refractivity contribution in [3.05, 3.63) is 45.4 Å². The van der Waals surface area contributed by atoms with Gasteiger partial charge in [-0.3, -0.25) is 4.90 Å². The number of hydrogen-bond donors (Lipinski definition) is 0. The number of ether oxygens (including phenoxy) is 1. The summed E-state index contributed by atoms with van der Waals surface area (Å²) in [4.78, 5) is 20.1. The SMILES string of the molecule is CC(C)(C)OC(=O)N(Cc1cccs1)c1cc(Cl)nc2c(C3CC3)coc12. The summed E-state index contributed by atoms with van der Waals surface area (Å²) in [5, 5.41) is 2.32. The number of furan rings is 1. The van der Waals surface area contributed by atoms with E-state index >= 15 is 0 Å². The molecule has 27 heavy (non-hydrogen) atoms. The molecule has 0 spiro atoms. The first-order valence-electron chi connectivity index (χ1n) is 8.92. The summed E-state index contributed by atoms with van der Waals surface area (Å²) in [5.41, 5.74) is 2.35. The van der Waals surface area contributed by atoms with Gasteiger partial charge in [-0.2, -0.15) is 0 Å². The van der Waals surface area contributed by atoms with Crippen molar-refractivity contribution in [1.29, 1.82) is 0 Å². The molecule has 1 aliphatic carbocycles. The zero-order chi connectivity index (χ0) is 19.2. The highest BCUT2D eigenvalue weighted by Gasteiger charge is 2.31. The number of halogens is 1. The van der Waals surface area contributed by atoms with Crippen molar-refractivity contribution in [3.63, 3.8) is 0 Å². The van der Waals surface area contributed by atoms with E-state index in [1.54, 1.807) is 28.6 Å². The zero-order valence-electron chi connectivity index (χ0n) is 15.5. The quantitative estimate of drug-likeness (QED) is 0.474. The van der Waals surface area contributed by atoms with Crippen molar-refractivity contribution < 1.29 is 13.9 Å². The molecule has 0 radical (unpaired) electrons. The van der Waals surface area contributed by atoms with Gasteiger partial charge in [-0.1, -0.05) is 17.7 Å². The van der Waals surface area contributed by atoms with Crippen LogP contribution in [0, 0.1) is 0 Å². The average Bonchev–Trinajstić information content (AvgIpc) is 3.12. The summed E-state index contributed by atoms with van der Waals surface area (Å²) in [7, 11) is 0. The molecular formula is C20H21ClN2O3S. The fourth-order valence-electron chi connectivity index (χ4n) is 2.99. The molecule has 1 fully saturated rings. The van der Waals surface area contributed by atoms with Gasteiger partial charge in [0.25, 0.3) is 0 Å². The molecule has 0 unspecified atom stereocenters. The van der Waals surface area contributed by atoms with Gasteiger partial charge in [-0.15, -0.1) is 11.3 Å². The van der Waals surface area contributed by atoms with Gasteiger partial charge in [0.1, 0.15) is 16.3 Å². The van der Waals surface area contributed by atoms with Crippen LogP contribution >= 0.6 is 22.9 Å². The van der Waals surface area contributed by atoms with E-state index in [0.717, 1.165) is 28.8 Å². The zero-order valence-corrected chi connectivity index (χ0v) is 17.1. The van der Waals surface area contributed by atoms with Crippen LogP contribution in [-0.2, 0) is 11.3 Å². The van der Waals surface area contributed by atoms with Crippen LogP contribution in [0.2, 0.25) is 5.15 Å². The van der Waals surface area contributed by atoms with Gasteiger partial charge in [0.2, 0.25) is 0 Å². The van der Waals surface area contributed by atoms with Gasteiger partial charge in [-0.05, 0) is 51.0 Å². The topological polar surface area (TPSA) is 55.6 Å². The molecule has 0 aromatic carbocycles. The monoisotopic (exact) mass is 404 g/mol. The highest BCUT2D eigenvalue weighted by molar-refractivity contribution is 7.09. The standard InChI is InChI=1S/C20H21ClN2O3S/c1-20(2,3)26-19(24)23(10-13-5-4-8-27-13)15-9-16(21)22-17-14(12-6-7-12)11-25-18(15)17/h4-5,8-9,11-12H,6-7,10H2,1-3H3. The molecule has 142 valence electrons. The van der Waals surface area contributed by atoms with E-state index in [9.17, 15) is 4.79 Å². The molecule has 0 aliphatic heterocycles. The van der Waals surface area contributed by atoms with E-state index in [4.69, 9.17) is 20.8 Å². The first kappa shape index (κ1) is 18.3. The molecule has 5 nitrogen and oxygen atoms in total. The Morgan fingerprint density at radius 2 is 2.22 bits per heavy atom. The lowest BCUT2D eigenvalue weighted by atomic mass is 10.1. The highest BCUT2D eigenvalue weighted by Crippen LogP contribution is 2.45. The minimum absolute atomic E-state index is 0.334. The molecule has 3 heterocycles. The number of aromatic nitrogens is 1. The van der Waals surface area contributed by atoms with Crippen molar-refractivity contribution in [3.8, 4) is 0 Å². The maximum Gasteiger partial charge on any atom is 0.415 e. The van der Waals surface area contributed by atoms with Crippen LogP contribution in [0.25, 0.3) is 11.1 Å². The molecule has 1 amide bonds. The summed E-state index contributed by atoms with van der Waals surface area (Å²) in [6.45, 7) is 5.92. The molecule has 0 N–H and O–H groups in total. The van der Waals surface area contributed by atoms with Crippen molar-refractivity contribution in [2.45, 2.75) is 51.7 Å². The van der Waals surface area contributed by atoms with Gasteiger partial charge >= 0.3 is 6.09 Å². The lowest BCUT2D eigenvalue weighted by Gasteiger charge is -2.27. The molecule has 7 heteroatoms. The number of carbonyl (C=O) groups excluding carboxylic acids is 1. The number of rotatable bonds is 4. The van der Waals surface area contributed by atoms with E-state index in [1.807, 2.05) is 38.3 Å². The highest BCUT2D eigenvalue weighted by atomic mass is 35.5. The van der Waals surface area contributed by atoms with Gasteiger partial charge in [0, 0.05) is 16.5 Å². The number of hydrogen-bond acceptors (Lipinski definition) is 5. The predicted octanol–water partition coefficient (Wildman–Crippen LogP) is 6.36. The summed E-state index contributed by atoms with van der Waals surface area (Å²) >= 11 is 7.89. The Morgan fingerprint density at radius 3 is 2.85 bits per heavy atom. The maximum absolute atomic E-state index is 13.0. The van der Waals surface area contributed by atoms with Crippen LogP contribution < -0.4 is 4.90 Å². The van der Waals surface area contributed by atoms with Crippen molar-refractivity contribution in [1.82, 2.24) is 4.98 Å². The Morgan fingerprint density at radius 1 is 1.44 bits per heavy atom. The minimum atomic E-state index is -0.608. The molecule has 0 atom stereocenters. The average molecular weight is 405 g/mol. The fourth-order valence-corrected chi connectivity index (χ4v) is 3.87. The number of carbonyl (C=O) groups is 1. The summed E-state index contributed by atoms with van der Waals surface area (Å²) in [5.74, 6) is 0.470. The van der Waals surface area contributed by atoms with Gasteiger partial charge in [-0.25, -0.2) is 9.78 Å². The van der Waals surface area contributed by atoms with Crippen LogP contribution in [0.4, 0.5) is 10.5 Å². The number of nitrogens with zero attached hydrogens (tertiary/aromatic N) is 2. The van der Waals surface area contributed by atoms with Gasteiger partial charge in [0.15, 0.2) is 5.58 Å². The number of pyridine rings is 1. The Bertz CT molecular complexity index is 971. The number of anilines is 1. The Kier molecular flexibility index (Phi) is 4.64. The first-order chi connectivity index (χ1) is 12.8. The molecule has 0 saturated heterocycles. The molecular weight excluding hydrogens is 384 g/mol. The van der Waals surface area contributed by atoms with Crippen molar-refractivity contribution in [2.24, 2.45) is 0 Å². The Hall–Kier alpha value is -2.05. The normalized spacial score (nSPS) is 14.5. The first-order valence-corrected chi connectivity index (χ1v) is 10.2. The molecule has 3 aromatic heterocycles. The Labute approximate surface area is 166 Å².